The summed E-state index contributed by atoms with van der Waals surface area (Å²) >= 11 is 0. The molecule has 7 heteroatoms. The Hall–Kier alpha value is -2.57. The number of carbonyl (C=O) groups is 3. The van der Waals surface area contributed by atoms with Crippen molar-refractivity contribution in [3.8, 4) is 0 Å². The van der Waals surface area contributed by atoms with Crippen LogP contribution in [-0.4, -0.2) is 24.9 Å². The molecule has 132 valence electrons. The van der Waals surface area contributed by atoms with E-state index in [1.54, 1.807) is 20.9 Å². The molecule has 1 aromatic rings. The maximum atomic E-state index is 12.5. The normalized spacial score (nSPS) is 10.7. The number of ether oxygens (including phenoxy) is 1. The topological polar surface area (TPSA) is 93.7 Å². The van der Waals surface area contributed by atoms with Gasteiger partial charge in [0, 0.05) is 19.7 Å². The molecular formula is C17H24N2O5. The summed E-state index contributed by atoms with van der Waals surface area (Å²) < 4.78 is 5.32. The highest BCUT2D eigenvalue weighted by Crippen LogP contribution is 2.30. The van der Waals surface area contributed by atoms with Crippen molar-refractivity contribution in [1.82, 2.24) is 5.48 Å². The van der Waals surface area contributed by atoms with Crippen molar-refractivity contribution in [2.45, 2.75) is 40.2 Å². The van der Waals surface area contributed by atoms with E-state index in [1.807, 2.05) is 29.7 Å². The molecule has 7 nitrogen and oxygen atoms in total. The zero-order chi connectivity index (χ0) is 18.2. The van der Waals surface area contributed by atoms with Crippen molar-refractivity contribution in [2.75, 3.05) is 12.4 Å². The maximum absolute atomic E-state index is 12.5. The minimum absolute atomic E-state index is 0.0452. The number of nitrogens with one attached hydrogen (secondary N) is 2. The van der Waals surface area contributed by atoms with E-state index in [1.165, 1.54) is 6.92 Å². The number of carbonyl (C=O) groups excluding carboxylic acids is 3. The van der Waals surface area contributed by atoms with Gasteiger partial charge in [0.05, 0.1) is 0 Å². The van der Waals surface area contributed by atoms with Crippen molar-refractivity contribution in [3.05, 3.63) is 29.8 Å². The van der Waals surface area contributed by atoms with Crippen molar-refractivity contribution in [2.24, 2.45) is 5.41 Å². The number of esters is 1. The van der Waals surface area contributed by atoms with Crippen molar-refractivity contribution < 1.29 is 24.0 Å². The fourth-order valence-corrected chi connectivity index (χ4v) is 2.23. The summed E-state index contributed by atoms with van der Waals surface area (Å²) in [6, 6.07) is 7.40. The Morgan fingerprint density at radius 3 is 2.33 bits per heavy atom. The van der Waals surface area contributed by atoms with Gasteiger partial charge in [-0.15, -0.1) is 0 Å². The zero-order valence-electron chi connectivity index (χ0n) is 14.5. The fourth-order valence-electron chi connectivity index (χ4n) is 2.23. The molecule has 1 aromatic carbocycles. The summed E-state index contributed by atoms with van der Waals surface area (Å²) in [7, 11) is 1.79. The zero-order valence-corrected chi connectivity index (χ0v) is 14.5. The highest BCUT2D eigenvalue weighted by molar-refractivity contribution is 6.00. The van der Waals surface area contributed by atoms with Crippen LogP contribution >= 0.6 is 0 Å². The van der Waals surface area contributed by atoms with Crippen LogP contribution in [0.3, 0.4) is 0 Å². The standard InChI is InChI=1S/C17H24N2O5/c1-5-17(6-2,16(22)24-19-12(3)20)15(21)23-11-13-8-7-9-14(10-13)18-4/h7-10,18H,5-6,11H2,1-4H3,(H,19,20). The molecule has 0 atom stereocenters. The average molecular weight is 336 g/mol. The molecule has 0 aromatic heterocycles. The predicted molar refractivity (Wildman–Crippen MR) is 88.7 cm³/mol. The molecule has 0 aliphatic rings. The second-order valence-electron chi connectivity index (χ2n) is 5.36. The van der Waals surface area contributed by atoms with E-state index in [2.05, 4.69) is 5.32 Å². The van der Waals surface area contributed by atoms with Crippen LogP contribution in [0.1, 0.15) is 39.2 Å². The van der Waals surface area contributed by atoms with Gasteiger partial charge in [-0.25, -0.2) is 4.79 Å². The van der Waals surface area contributed by atoms with Crippen LogP contribution in [0.4, 0.5) is 5.69 Å². The van der Waals surface area contributed by atoms with Gasteiger partial charge in [0.25, 0.3) is 0 Å². The molecule has 0 radical (unpaired) electrons. The third-order valence-corrected chi connectivity index (χ3v) is 3.86. The molecule has 0 heterocycles. The molecule has 24 heavy (non-hydrogen) atoms. The quantitative estimate of drug-likeness (QED) is 0.450. The number of hydroxylamine groups is 1. The van der Waals surface area contributed by atoms with Crippen LogP contribution in [-0.2, 0) is 30.6 Å². The van der Waals surface area contributed by atoms with Crippen LogP contribution in [0.5, 0.6) is 0 Å². The van der Waals surface area contributed by atoms with E-state index >= 15 is 0 Å². The summed E-state index contributed by atoms with van der Waals surface area (Å²) in [5, 5.41) is 3.00. The van der Waals surface area contributed by atoms with E-state index in [9.17, 15) is 14.4 Å². The Balaban J connectivity index is 2.81. The van der Waals surface area contributed by atoms with Gasteiger partial charge in [0.15, 0.2) is 5.41 Å². The first-order chi connectivity index (χ1) is 11.4. The first-order valence-electron chi connectivity index (χ1n) is 7.81. The third-order valence-electron chi connectivity index (χ3n) is 3.86. The number of benzene rings is 1. The summed E-state index contributed by atoms with van der Waals surface area (Å²) in [5.41, 5.74) is 2.21. The lowest BCUT2D eigenvalue weighted by Crippen LogP contribution is -2.43. The summed E-state index contributed by atoms with van der Waals surface area (Å²) in [5.74, 6) is -2.02. The van der Waals surface area contributed by atoms with Crippen LogP contribution in [0.15, 0.2) is 24.3 Å². The van der Waals surface area contributed by atoms with Gasteiger partial charge in [0.1, 0.15) is 6.61 Å². The molecule has 0 fully saturated rings. The van der Waals surface area contributed by atoms with Gasteiger partial charge in [-0.05, 0) is 30.5 Å². The van der Waals surface area contributed by atoms with Gasteiger partial charge in [-0.2, -0.15) is 5.48 Å². The molecule has 0 saturated carbocycles. The molecule has 0 unspecified atom stereocenters. The van der Waals surface area contributed by atoms with Gasteiger partial charge < -0.3 is 14.9 Å². The Morgan fingerprint density at radius 2 is 1.79 bits per heavy atom. The number of hydrogen-bond donors (Lipinski definition) is 2. The second-order valence-corrected chi connectivity index (χ2v) is 5.36. The van der Waals surface area contributed by atoms with Crippen molar-refractivity contribution in [3.63, 3.8) is 0 Å². The molecule has 0 aliphatic carbocycles. The maximum Gasteiger partial charge on any atom is 0.349 e. The summed E-state index contributed by atoms with van der Waals surface area (Å²) in [4.78, 5) is 40.3. The van der Waals surface area contributed by atoms with Crippen LogP contribution in [0.2, 0.25) is 0 Å². The molecular weight excluding hydrogens is 312 g/mol. The SMILES string of the molecule is CCC(CC)(C(=O)OCc1cccc(NC)c1)C(=O)ONC(C)=O. The Bertz CT molecular complexity index is 596. The molecule has 0 aliphatic heterocycles. The van der Waals surface area contributed by atoms with E-state index in [0.29, 0.717) is 0 Å². The third kappa shape index (κ3) is 4.71. The van der Waals surface area contributed by atoms with Gasteiger partial charge in [0.2, 0.25) is 5.91 Å². The van der Waals surface area contributed by atoms with Crippen LogP contribution in [0.25, 0.3) is 0 Å². The van der Waals surface area contributed by atoms with Gasteiger partial charge in [-0.1, -0.05) is 26.0 Å². The van der Waals surface area contributed by atoms with Crippen molar-refractivity contribution >= 4 is 23.5 Å². The second kappa shape index (κ2) is 8.90. The molecule has 2 N–H and O–H groups in total. The number of amides is 1. The molecule has 1 rings (SSSR count). The minimum atomic E-state index is -1.44. The molecule has 0 bridgehead atoms. The Kier molecular flexibility index (Phi) is 7.23. The summed E-state index contributed by atoms with van der Waals surface area (Å²) in [6.45, 7) is 4.65. The monoisotopic (exact) mass is 336 g/mol. The van der Waals surface area contributed by atoms with E-state index in [-0.39, 0.29) is 19.4 Å². The number of anilines is 1. The van der Waals surface area contributed by atoms with Crippen LogP contribution in [0, 0.1) is 5.41 Å². The highest BCUT2D eigenvalue weighted by atomic mass is 16.7. The summed E-state index contributed by atoms with van der Waals surface area (Å²) in [6.07, 6.45) is 0.411. The van der Waals surface area contributed by atoms with E-state index < -0.39 is 23.3 Å². The lowest BCUT2D eigenvalue weighted by atomic mass is 9.82. The average Bonchev–Trinajstić information content (AvgIpc) is 2.59. The van der Waals surface area contributed by atoms with Crippen LogP contribution < -0.4 is 10.8 Å². The highest BCUT2D eigenvalue weighted by Gasteiger charge is 2.46. The number of hydrogen-bond acceptors (Lipinski definition) is 6. The van der Waals surface area contributed by atoms with E-state index in [0.717, 1.165) is 11.3 Å². The van der Waals surface area contributed by atoms with Gasteiger partial charge in [-0.3, -0.25) is 9.59 Å². The fraction of sp³-hybridized carbons (Fsp3) is 0.471. The lowest BCUT2D eigenvalue weighted by Gasteiger charge is -2.26. The van der Waals surface area contributed by atoms with Crippen molar-refractivity contribution in [1.29, 1.82) is 0 Å². The largest absolute Gasteiger partial charge is 0.460 e. The number of rotatable bonds is 7. The Labute approximate surface area is 141 Å². The van der Waals surface area contributed by atoms with E-state index in [4.69, 9.17) is 9.57 Å². The molecule has 0 spiro atoms. The first-order valence-corrected chi connectivity index (χ1v) is 7.81. The van der Waals surface area contributed by atoms with Gasteiger partial charge >= 0.3 is 11.9 Å². The predicted octanol–water partition coefficient (Wildman–Crippen LogP) is 2.17. The smallest absolute Gasteiger partial charge is 0.349 e. The first kappa shape index (κ1) is 19.5. The Morgan fingerprint density at radius 1 is 1.12 bits per heavy atom. The lowest BCUT2D eigenvalue weighted by molar-refractivity contribution is -0.180. The minimum Gasteiger partial charge on any atom is -0.460 e. The molecule has 0 saturated heterocycles. The molecule has 1 amide bonds.